The van der Waals surface area contributed by atoms with E-state index in [9.17, 15) is 55.9 Å². The normalized spacial score (nSPS) is 54.0. The number of hydrogen-bond donors (Lipinski definition) is 10. The van der Waals surface area contributed by atoms with Crippen LogP contribution >= 0.6 is 0 Å². The lowest BCUT2D eigenvalue weighted by Crippen LogP contribution is -2.69. The molecule has 0 aromatic heterocycles. The van der Waals surface area contributed by atoms with Gasteiger partial charge in [-0.05, 0) is 117 Å². The molecular formula is C49H80O18. The molecule has 0 bridgehead atoms. The van der Waals surface area contributed by atoms with E-state index in [1.807, 2.05) is 0 Å². The Labute approximate surface area is 393 Å². The summed E-state index contributed by atoms with van der Waals surface area (Å²) < 4.78 is 42.8. The van der Waals surface area contributed by atoms with Crippen LogP contribution in [0.3, 0.4) is 0 Å². The molecule has 0 unspecified atom stereocenters. The molecule has 5 saturated carbocycles. The van der Waals surface area contributed by atoms with Crippen molar-refractivity contribution in [1.82, 2.24) is 0 Å². The van der Waals surface area contributed by atoms with Gasteiger partial charge < -0.3 is 84.2 Å². The Balaban J connectivity index is 1.09. The van der Waals surface area contributed by atoms with Gasteiger partial charge >= 0.3 is 5.97 Å². The van der Waals surface area contributed by atoms with E-state index < -0.39 is 118 Å². The van der Waals surface area contributed by atoms with Crippen molar-refractivity contribution in [3.8, 4) is 0 Å². The Kier molecular flexibility index (Phi) is 14.6. The maximum atomic E-state index is 12.2. The van der Waals surface area contributed by atoms with Crippen LogP contribution in [-0.4, -0.2) is 181 Å². The summed E-state index contributed by atoms with van der Waals surface area (Å²) in [5.74, 6) is 0.851. The minimum atomic E-state index is -1.86. The minimum Gasteiger partial charge on any atom is -0.462 e. The van der Waals surface area contributed by atoms with Crippen LogP contribution in [0.2, 0.25) is 0 Å². The average molecular weight is 957 g/mol. The predicted octanol–water partition coefficient (Wildman–Crippen LogP) is 0.793. The van der Waals surface area contributed by atoms with Crippen LogP contribution in [0.15, 0.2) is 12.2 Å². The number of ether oxygens (including phenoxy) is 7. The number of esters is 1. The lowest BCUT2D eigenvalue weighted by atomic mass is 9.33. The molecule has 8 rings (SSSR count). The van der Waals surface area contributed by atoms with Gasteiger partial charge in [-0.3, -0.25) is 4.79 Å². The van der Waals surface area contributed by atoms with E-state index in [1.165, 1.54) is 6.92 Å². The Morgan fingerprint density at radius 2 is 1.22 bits per heavy atom. The lowest BCUT2D eigenvalue weighted by molar-refractivity contribution is -0.381. The highest BCUT2D eigenvalue weighted by atomic mass is 16.8. The summed E-state index contributed by atoms with van der Waals surface area (Å²) in [5.41, 5.74) is -0.0494. The fraction of sp³-hybridized carbons (Fsp3) is 0.939. The molecule has 0 radical (unpaired) electrons. The van der Waals surface area contributed by atoms with Gasteiger partial charge in [0.25, 0.3) is 0 Å². The fourth-order valence-electron chi connectivity index (χ4n) is 15.9. The Morgan fingerprint density at radius 1 is 0.612 bits per heavy atom. The van der Waals surface area contributed by atoms with Crippen LogP contribution in [0, 0.1) is 51.2 Å². The molecule has 3 aliphatic heterocycles. The number of carbonyl (C=O) groups excluding carboxylic acids is 1. The van der Waals surface area contributed by atoms with Gasteiger partial charge in [0, 0.05) is 12.3 Å². The van der Waals surface area contributed by atoms with E-state index >= 15 is 0 Å². The van der Waals surface area contributed by atoms with Crippen molar-refractivity contribution in [3.05, 3.63) is 12.2 Å². The summed E-state index contributed by atoms with van der Waals surface area (Å²) in [4.78, 5) is 12.2. The molecule has 8 aliphatic rings. The third-order valence-corrected chi connectivity index (χ3v) is 19.6. The van der Waals surface area contributed by atoms with Crippen LogP contribution in [0.4, 0.5) is 0 Å². The number of carbonyl (C=O) groups is 1. The summed E-state index contributed by atoms with van der Waals surface area (Å²) >= 11 is 0. The number of rotatable bonds is 11. The number of aliphatic hydroxyl groups is 10. The molecule has 18 nitrogen and oxygen atoms in total. The zero-order valence-electron chi connectivity index (χ0n) is 40.3. The monoisotopic (exact) mass is 957 g/mol. The second-order valence-corrected chi connectivity index (χ2v) is 23.2. The smallest absolute Gasteiger partial charge is 0.302 e. The second-order valence-electron chi connectivity index (χ2n) is 23.2. The second kappa shape index (κ2) is 18.9. The van der Waals surface area contributed by atoms with E-state index in [0.717, 1.165) is 56.9 Å². The zero-order valence-corrected chi connectivity index (χ0v) is 40.3. The SMILES string of the molecule is C=C(C)[C@@H]1CC[C@]2(O[C@H]3O[C@H](CO[C@H]4O[C@H](CO)[C@@H](O)[C@H](O)[C@@H]4O)[C@@H](O)[C@H](O[C@@H]4O[C@H](CO)[C@@H](O)[C@H](O)[C@@H]4O)[C@@H]3O)CC[C@]3(C)[C@H](CC[C@@H]4[C@@]5(C)CC[C@H](OC(C)=O)C(C)(C)[C@@H]5CC[C@]43C)[C@@H]12. The lowest BCUT2D eigenvalue weighted by Gasteiger charge is -2.73. The van der Waals surface area contributed by atoms with E-state index in [1.54, 1.807) is 0 Å². The topological polar surface area (TPSA) is 284 Å². The van der Waals surface area contributed by atoms with Crippen LogP contribution < -0.4 is 0 Å². The fourth-order valence-corrected chi connectivity index (χ4v) is 15.9. The molecule has 25 atom stereocenters. The molecule has 0 spiro atoms. The molecule has 384 valence electrons. The van der Waals surface area contributed by atoms with E-state index in [-0.39, 0.29) is 51.5 Å². The summed E-state index contributed by atoms with van der Waals surface area (Å²) in [5, 5.41) is 107. The number of fused-ring (bicyclic) bond motifs is 7. The van der Waals surface area contributed by atoms with Crippen molar-refractivity contribution >= 4 is 5.97 Å². The first-order valence-corrected chi connectivity index (χ1v) is 24.8. The van der Waals surface area contributed by atoms with Crippen molar-refractivity contribution < 1.29 is 89.0 Å². The van der Waals surface area contributed by atoms with E-state index in [0.29, 0.717) is 24.7 Å². The summed E-state index contributed by atoms with van der Waals surface area (Å²) in [7, 11) is 0. The third-order valence-electron chi connectivity index (χ3n) is 19.6. The predicted molar refractivity (Wildman–Crippen MR) is 235 cm³/mol. The van der Waals surface area contributed by atoms with Crippen LogP contribution in [0.1, 0.15) is 113 Å². The van der Waals surface area contributed by atoms with Gasteiger partial charge in [-0.25, -0.2) is 0 Å². The number of allylic oxidation sites excluding steroid dienone is 1. The molecular weight excluding hydrogens is 877 g/mol. The number of hydrogen-bond acceptors (Lipinski definition) is 18. The molecule has 0 aromatic rings. The minimum absolute atomic E-state index is 0.0258. The van der Waals surface area contributed by atoms with Crippen molar-refractivity contribution in [3.63, 3.8) is 0 Å². The van der Waals surface area contributed by atoms with Crippen molar-refractivity contribution in [1.29, 1.82) is 0 Å². The molecule has 0 aromatic carbocycles. The maximum Gasteiger partial charge on any atom is 0.302 e. The molecule has 0 amide bonds. The van der Waals surface area contributed by atoms with Gasteiger partial charge in [-0.2, -0.15) is 0 Å². The Hall–Kier alpha value is -1.43. The highest BCUT2D eigenvalue weighted by molar-refractivity contribution is 5.66. The van der Waals surface area contributed by atoms with Crippen LogP contribution in [0.5, 0.6) is 0 Å². The Morgan fingerprint density at radius 3 is 1.84 bits per heavy atom. The largest absolute Gasteiger partial charge is 0.462 e. The molecule has 3 heterocycles. The molecule has 10 N–H and O–H groups in total. The maximum absolute atomic E-state index is 12.2. The Bertz CT molecular complexity index is 1780. The average Bonchev–Trinajstić information content (AvgIpc) is 3.66. The molecule has 67 heavy (non-hydrogen) atoms. The van der Waals surface area contributed by atoms with Crippen LogP contribution in [-0.2, 0) is 38.0 Å². The highest BCUT2D eigenvalue weighted by Gasteiger charge is 2.72. The van der Waals surface area contributed by atoms with Gasteiger partial charge in [-0.1, -0.05) is 46.8 Å². The number of aliphatic hydroxyl groups excluding tert-OH is 10. The summed E-state index contributed by atoms with van der Waals surface area (Å²) in [6.07, 6.45) is -15.8. The first kappa shape index (κ1) is 51.9. The standard InChI is InChI=1S/C49H80O18/c1-22(2)24-11-16-49(18-17-47(7)25(32(24)49)9-10-30-46(6)14-13-31(62-23(3)52)45(4,5)29(46)12-15-48(30,47)8)67-44-40(60)41(66-43-39(59)37(57)34(54)27(20-51)64-43)35(55)28(65-44)21-61-42-38(58)36(56)33(53)26(19-50)63-42/h24-44,50-51,53-60H,1,9-21H2,2-8H3/t24-,25+,26+,27+,28+,29-,30+,31-,32+,33+,34+,35+,36-,37-,38-,39-,40-,41-,42-,43-,44+,46-,47+,48+,49-/m0/s1. The zero-order chi connectivity index (χ0) is 48.9. The first-order chi connectivity index (χ1) is 31.4. The van der Waals surface area contributed by atoms with Crippen molar-refractivity contribution in [2.75, 3.05) is 19.8 Å². The summed E-state index contributed by atoms with van der Waals surface area (Å²) in [6.45, 7) is 18.1. The van der Waals surface area contributed by atoms with Gasteiger partial charge in [-0.15, -0.1) is 0 Å². The molecule has 8 fully saturated rings. The first-order valence-electron chi connectivity index (χ1n) is 24.8. The van der Waals surface area contributed by atoms with Gasteiger partial charge in [0.1, 0.15) is 79.4 Å². The van der Waals surface area contributed by atoms with Crippen molar-refractivity contribution in [2.45, 2.75) is 216 Å². The van der Waals surface area contributed by atoms with E-state index in [2.05, 4.69) is 48.1 Å². The van der Waals surface area contributed by atoms with E-state index in [4.69, 9.17) is 33.2 Å². The summed E-state index contributed by atoms with van der Waals surface area (Å²) in [6, 6.07) is 0. The molecule has 18 heteroatoms. The molecule has 5 aliphatic carbocycles. The third kappa shape index (κ3) is 8.39. The van der Waals surface area contributed by atoms with Crippen LogP contribution in [0.25, 0.3) is 0 Å². The van der Waals surface area contributed by atoms with Gasteiger partial charge in [0.15, 0.2) is 18.9 Å². The quantitative estimate of drug-likeness (QED) is 0.0779. The molecule has 3 saturated heterocycles. The highest BCUT2D eigenvalue weighted by Crippen LogP contribution is 2.77. The van der Waals surface area contributed by atoms with Crippen molar-refractivity contribution in [2.24, 2.45) is 51.2 Å². The van der Waals surface area contributed by atoms with Gasteiger partial charge in [0.05, 0.1) is 25.4 Å². The van der Waals surface area contributed by atoms with Gasteiger partial charge in [0.2, 0.25) is 0 Å².